The maximum absolute atomic E-state index is 11.8. The zero-order valence-corrected chi connectivity index (χ0v) is 15.8. The normalized spacial score (nSPS) is 11.9. The Balaban J connectivity index is 3.54. The highest BCUT2D eigenvalue weighted by Crippen LogP contribution is 2.17. The molecule has 0 aromatic carbocycles. The van der Waals surface area contributed by atoms with Crippen molar-refractivity contribution < 1.29 is 19.0 Å². The second-order valence-electron chi connectivity index (χ2n) is 6.80. The van der Waals surface area contributed by atoms with E-state index in [4.69, 9.17) is 14.2 Å². The van der Waals surface area contributed by atoms with Crippen molar-refractivity contribution in [1.82, 2.24) is 5.32 Å². The van der Waals surface area contributed by atoms with Gasteiger partial charge in [-0.2, -0.15) is 0 Å². The monoisotopic (exact) mass is 331 g/mol. The van der Waals surface area contributed by atoms with Crippen molar-refractivity contribution in [3.8, 4) is 0 Å². The third kappa shape index (κ3) is 16.0. The highest BCUT2D eigenvalue weighted by atomic mass is 16.5. The quantitative estimate of drug-likeness (QED) is 0.468. The standard InChI is InChI=1S/C18H37NO4/c1-6-21-14-15-22-12-7-11-19-17(20)8-10-18(4,5)23-13-9-16(2)3/h16H,6-15H2,1-5H3,(H,19,20). The molecule has 0 unspecified atom stereocenters. The van der Waals surface area contributed by atoms with Gasteiger partial charge in [-0.15, -0.1) is 0 Å². The van der Waals surface area contributed by atoms with Gasteiger partial charge in [0, 0.05) is 32.8 Å². The highest BCUT2D eigenvalue weighted by Gasteiger charge is 2.19. The molecule has 0 aromatic heterocycles. The Morgan fingerprint density at radius 2 is 1.78 bits per heavy atom. The largest absolute Gasteiger partial charge is 0.379 e. The molecule has 0 heterocycles. The lowest BCUT2D eigenvalue weighted by Crippen LogP contribution is -2.30. The van der Waals surface area contributed by atoms with Gasteiger partial charge in [-0.05, 0) is 46.0 Å². The molecule has 0 aromatic rings. The van der Waals surface area contributed by atoms with Crippen molar-refractivity contribution in [2.45, 2.75) is 65.9 Å². The van der Waals surface area contributed by atoms with E-state index in [0.717, 1.165) is 32.5 Å². The minimum absolute atomic E-state index is 0.0832. The predicted octanol–water partition coefficient (Wildman–Crippen LogP) is 3.17. The summed E-state index contributed by atoms with van der Waals surface area (Å²) in [5.74, 6) is 0.727. The van der Waals surface area contributed by atoms with Crippen LogP contribution in [0.1, 0.15) is 60.3 Å². The molecule has 5 nitrogen and oxygen atoms in total. The fourth-order valence-electron chi connectivity index (χ4n) is 1.91. The Hall–Kier alpha value is -0.650. The van der Waals surface area contributed by atoms with Crippen LogP contribution in [0.25, 0.3) is 0 Å². The molecule has 0 aliphatic heterocycles. The molecular formula is C18H37NO4. The van der Waals surface area contributed by atoms with Crippen LogP contribution in [-0.2, 0) is 19.0 Å². The van der Waals surface area contributed by atoms with Gasteiger partial charge in [-0.25, -0.2) is 0 Å². The number of rotatable bonds is 15. The maximum atomic E-state index is 11.8. The number of amides is 1. The van der Waals surface area contributed by atoms with Crippen molar-refractivity contribution >= 4 is 5.91 Å². The van der Waals surface area contributed by atoms with E-state index in [0.29, 0.717) is 38.7 Å². The molecule has 23 heavy (non-hydrogen) atoms. The van der Waals surface area contributed by atoms with Crippen molar-refractivity contribution in [3.63, 3.8) is 0 Å². The number of carbonyl (C=O) groups is 1. The average molecular weight is 331 g/mol. The number of hydrogen-bond donors (Lipinski definition) is 1. The summed E-state index contributed by atoms with van der Waals surface area (Å²) >= 11 is 0. The lowest BCUT2D eigenvalue weighted by molar-refractivity contribution is -0.123. The Kier molecular flexibility index (Phi) is 13.4. The first-order valence-corrected chi connectivity index (χ1v) is 8.93. The van der Waals surface area contributed by atoms with Crippen molar-refractivity contribution in [3.05, 3.63) is 0 Å². The van der Waals surface area contributed by atoms with E-state index in [1.807, 2.05) is 20.8 Å². The second kappa shape index (κ2) is 13.8. The van der Waals surface area contributed by atoms with Crippen molar-refractivity contribution in [1.29, 1.82) is 0 Å². The molecule has 1 amide bonds. The van der Waals surface area contributed by atoms with Crippen LogP contribution in [0.2, 0.25) is 0 Å². The lowest BCUT2D eigenvalue weighted by Gasteiger charge is -2.25. The SMILES string of the molecule is CCOCCOCCCNC(=O)CCC(C)(C)OCCC(C)C. The number of nitrogens with one attached hydrogen (secondary N) is 1. The Bertz CT molecular complexity index is 293. The van der Waals surface area contributed by atoms with Gasteiger partial charge >= 0.3 is 0 Å². The summed E-state index contributed by atoms with van der Waals surface area (Å²) in [6, 6.07) is 0. The summed E-state index contributed by atoms with van der Waals surface area (Å²) in [6.07, 6.45) is 3.12. The first kappa shape index (κ1) is 22.4. The number of ether oxygens (including phenoxy) is 3. The fraction of sp³-hybridized carbons (Fsp3) is 0.944. The summed E-state index contributed by atoms with van der Waals surface area (Å²) in [5, 5.41) is 2.93. The molecule has 0 radical (unpaired) electrons. The molecule has 0 spiro atoms. The fourth-order valence-corrected chi connectivity index (χ4v) is 1.91. The van der Waals surface area contributed by atoms with Crippen LogP contribution in [0.3, 0.4) is 0 Å². The molecule has 0 fully saturated rings. The molecule has 1 N–H and O–H groups in total. The molecule has 5 heteroatoms. The molecule has 0 rings (SSSR count). The first-order valence-electron chi connectivity index (χ1n) is 8.93. The molecular weight excluding hydrogens is 294 g/mol. The van der Waals surface area contributed by atoms with Gasteiger partial charge in [0.15, 0.2) is 0 Å². The van der Waals surface area contributed by atoms with Crippen molar-refractivity contribution in [2.75, 3.05) is 39.6 Å². The van der Waals surface area contributed by atoms with Crippen LogP contribution in [0.4, 0.5) is 0 Å². The smallest absolute Gasteiger partial charge is 0.220 e. The maximum Gasteiger partial charge on any atom is 0.220 e. The van der Waals surface area contributed by atoms with Crippen LogP contribution in [-0.4, -0.2) is 51.1 Å². The van der Waals surface area contributed by atoms with Gasteiger partial charge in [0.2, 0.25) is 5.91 Å². The van der Waals surface area contributed by atoms with E-state index in [2.05, 4.69) is 19.2 Å². The molecule has 0 saturated heterocycles. The van der Waals surface area contributed by atoms with E-state index < -0.39 is 0 Å². The Morgan fingerprint density at radius 1 is 1.09 bits per heavy atom. The number of carbonyl (C=O) groups excluding carboxylic acids is 1. The predicted molar refractivity (Wildman–Crippen MR) is 93.7 cm³/mol. The van der Waals surface area contributed by atoms with Crippen LogP contribution in [0.15, 0.2) is 0 Å². The molecule has 0 aliphatic rings. The summed E-state index contributed by atoms with van der Waals surface area (Å²) in [5.41, 5.74) is -0.241. The van der Waals surface area contributed by atoms with Crippen LogP contribution >= 0.6 is 0 Å². The zero-order chi connectivity index (χ0) is 17.6. The zero-order valence-electron chi connectivity index (χ0n) is 15.8. The minimum atomic E-state index is -0.241. The Morgan fingerprint density at radius 3 is 2.43 bits per heavy atom. The summed E-state index contributed by atoms with van der Waals surface area (Å²) in [4.78, 5) is 11.8. The van der Waals surface area contributed by atoms with Gasteiger partial charge in [0.25, 0.3) is 0 Å². The minimum Gasteiger partial charge on any atom is -0.379 e. The topological polar surface area (TPSA) is 56.8 Å². The third-order valence-corrected chi connectivity index (χ3v) is 3.51. The summed E-state index contributed by atoms with van der Waals surface area (Å²) in [7, 11) is 0. The summed E-state index contributed by atoms with van der Waals surface area (Å²) < 4.78 is 16.4. The lowest BCUT2D eigenvalue weighted by atomic mass is 10.0. The average Bonchev–Trinajstić information content (AvgIpc) is 2.47. The van der Waals surface area contributed by atoms with E-state index in [-0.39, 0.29) is 11.5 Å². The van der Waals surface area contributed by atoms with E-state index in [1.165, 1.54) is 0 Å². The van der Waals surface area contributed by atoms with Crippen LogP contribution in [0, 0.1) is 5.92 Å². The van der Waals surface area contributed by atoms with E-state index in [1.54, 1.807) is 0 Å². The van der Waals surface area contributed by atoms with Gasteiger partial charge in [0.05, 0.1) is 18.8 Å². The molecule has 0 bridgehead atoms. The van der Waals surface area contributed by atoms with Crippen LogP contribution < -0.4 is 5.32 Å². The van der Waals surface area contributed by atoms with Crippen LogP contribution in [0.5, 0.6) is 0 Å². The summed E-state index contributed by atoms with van der Waals surface area (Å²) in [6.45, 7) is 14.5. The van der Waals surface area contributed by atoms with Gasteiger partial charge in [0.1, 0.15) is 0 Å². The molecule has 0 saturated carbocycles. The number of hydrogen-bond acceptors (Lipinski definition) is 4. The molecule has 0 aliphatic carbocycles. The molecule has 0 atom stereocenters. The van der Waals surface area contributed by atoms with Gasteiger partial charge in [-0.1, -0.05) is 13.8 Å². The van der Waals surface area contributed by atoms with Crippen molar-refractivity contribution in [2.24, 2.45) is 5.92 Å². The third-order valence-electron chi connectivity index (χ3n) is 3.51. The van der Waals surface area contributed by atoms with Gasteiger partial charge in [-0.3, -0.25) is 4.79 Å². The Labute approximate surface area is 142 Å². The van der Waals surface area contributed by atoms with E-state index in [9.17, 15) is 4.79 Å². The van der Waals surface area contributed by atoms with Gasteiger partial charge < -0.3 is 19.5 Å². The highest BCUT2D eigenvalue weighted by molar-refractivity contribution is 5.75. The second-order valence-corrected chi connectivity index (χ2v) is 6.80. The van der Waals surface area contributed by atoms with E-state index >= 15 is 0 Å². The first-order chi connectivity index (χ1) is 10.9. The molecule has 138 valence electrons.